The maximum atomic E-state index is 6.02. The van der Waals surface area contributed by atoms with Gasteiger partial charge in [-0.25, -0.2) is 0 Å². The lowest BCUT2D eigenvalue weighted by atomic mass is 10.1. The van der Waals surface area contributed by atoms with E-state index in [9.17, 15) is 0 Å². The smallest absolute Gasteiger partial charge is 0.193 e. The minimum absolute atomic E-state index is 0. The summed E-state index contributed by atoms with van der Waals surface area (Å²) in [6.07, 6.45) is 4.16. The van der Waals surface area contributed by atoms with Crippen molar-refractivity contribution in [1.29, 1.82) is 0 Å². The van der Waals surface area contributed by atoms with Crippen LogP contribution in [0.5, 0.6) is 0 Å². The maximum absolute atomic E-state index is 6.02. The molecule has 4 rings (SSSR count). The molecule has 0 amide bonds. The van der Waals surface area contributed by atoms with Crippen molar-refractivity contribution < 1.29 is 0 Å². The second-order valence-electron chi connectivity index (χ2n) is 6.32. The predicted molar refractivity (Wildman–Crippen MR) is 117 cm³/mol. The second-order valence-corrected chi connectivity index (χ2v) is 6.32. The van der Waals surface area contributed by atoms with Gasteiger partial charge in [0.05, 0.1) is 5.69 Å². The van der Waals surface area contributed by atoms with Gasteiger partial charge in [0.1, 0.15) is 0 Å². The summed E-state index contributed by atoms with van der Waals surface area (Å²) in [6, 6.07) is 16.2. The van der Waals surface area contributed by atoms with Crippen LogP contribution in [0.4, 0.5) is 5.69 Å². The molecular formula is C19H22IN7. The fourth-order valence-electron chi connectivity index (χ4n) is 3.24. The molecule has 0 unspecified atom stereocenters. The summed E-state index contributed by atoms with van der Waals surface area (Å²) in [5.41, 5.74) is 10.8. The molecule has 0 saturated heterocycles. The lowest BCUT2D eigenvalue weighted by molar-refractivity contribution is 0.755. The molecule has 1 aliphatic carbocycles. The molecule has 0 atom stereocenters. The number of hydrogen-bond acceptors (Lipinski definition) is 4. The monoisotopic (exact) mass is 475 g/mol. The summed E-state index contributed by atoms with van der Waals surface area (Å²) < 4.78 is 1.72. The van der Waals surface area contributed by atoms with Crippen LogP contribution in [-0.4, -0.2) is 32.7 Å². The second kappa shape index (κ2) is 8.94. The summed E-state index contributed by atoms with van der Waals surface area (Å²) in [5, 5.41) is 15.1. The normalized spacial score (nSPS) is 13.1. The number of tetrazole rings is 1. The quantitative estimate of drug-likeness (QED) is 0.336. The molecule has 3 aromatic rings. The zero-order valence-corrected chi connectivity index (χ0v) is 17.2. The zero-order chi connectivity index (χ0) is 17.8. The minimum atomic E-state index is 0. The van der Waals surface area contributed by atoms with Crippen LogP contribution >= 0.6 is 24.0 Å². The first kappa shape index (κ1) is 19.3. The Labute approximate surface area is 175 Å². The van der Waals surface area contributed by atoms with Crippen LogP contribution in [0.25, 0.3) is 5.69 Å². The fraction of sp³-hybridized carbons (Fsp3) is 0.263. The van der Waals surface area contributed by atoms with Crippen LogP contribution in [0.15, 0.2) is 53.5 Å². The topological polar surface area (TPSA) is 94.0 Å². The molecule has 8 heteroatoms. The van der Waals surface area contributed by atoms with Gasteiger partial charge < -0.3 is 11.1 Å². The van der Waals surface area contributed by atoms with E-state index < -0.39 is 0 Å². The molecule has 0 radical (unpaired) electrons. The Bertz CT molecular complexity index is 921. The fourth-order valence-corrected chi connectivity index (χ4v) is 3.24. The number of aromatic nitrogens is 4. The Morgan fingerprint density at radius 3 is 2.78 bits per heavy atom. The molecular weight excluding hydrogens is 453 g/mol. The molecule has 1 heterocycles. The molecule has 3 N–H and O–H groups in total. The van der Waals surface area contributed by atoms with E-state index in [2.05, 4.69) is 44.0 Å². The SMILES string of the molecule is I.NC(=NCCc1nnnn1-c1ccccc1)Nc1ccc2c(c1)CCC2. The third kappa shape index (κ3) is 4.62. The summed E-state index contributed by atoms with van der Waals surface area (Å²) in [5.74, 6) is 1.16. The molecule has 7 nitrogen and oxygen atoms in total. The van der Waals surface area contributed by atoms with Crippen LogP contribution in [0.3, 0.4) is 0 Å². The molecule has 0 fully saturated rings. The van der Waals surface area contributed by atoms with Gasteiger partial charge in [-0.15, -0.1) is 29.1 Å². The van der Waals surface area contributed by atoms with Gasteiger partial charge in [0, 0.05) is 18.7 Å². The maximum Gasteiger partial charge on any atom is 0.193 e. The van der Waals surface area contributed by atoms with Gasteiger partial charge in [-0.1, -0.05) is 24.3 Å². The van der Waals surface area contributed by atoms with Crippen molar-refractivity contribution >= 4 is 35.6 Å². The van der Waals surface area contributed by atoms with Gasteiger partial charge in [-0.3, -0.25) is 4.99 Å². The summed E-state index contributed by atoms with van der Waals surface area (Å²) in [7, 11) is 0. The highest BCUT2D eigenvalue weighted by Crippen LogP contribution is 2.24. The number of fused-ring (bicyclic) bond motifs is 1. The van der Waals surface area contributed by atoms with Crippen molar-refractivity contribution in [3.8, 4) is 5.69 Å². The van der Waals surface area contributed by atoms with Crippen molar-refractivity contribution in [2.45, 2.75) is 25.7 Å². The zero-order valence-electron chi connectivity index (χ0n) is 14.9. The number of rotatable bonds is 5. The Kier molecular flexibility index (Phi) is 6.38. The summed E-state index contributed by atoms with van der Waals surface area (Å²) in [6.45, 7) is 0.511. The number of benzene rings is 2. The van der Waals surface area contributed by atoms with Crippen molar-refractivity contribution in [2.24, 2.45) is 10.7 Å². The van der Waals surface area contributed by atoms with Gasteiger partial charge >= 0.3 is 0 Å². The standard InChI is InChI=1S/C19H21N7.HI/c20-19(22-16-10-9-14-5-4-6-15(14)13-16)21-12-11-18-23-24-25-26(18)17-7-2-1-3-8-17;/h1-3,7-10,13H,4-6,11-12H2,(H3,20,21,22);1H. The lowest BCUT2D eigenvalue weighted by Crippen LogP contribution is -2.23. The van der Waals surface area contributed by atoms with Crippen molar-refractivity contribution in [2.75, 3.05) is 11.9 Å². The molecule has 2 aromatic carbocycles. The van der Waals surface area contributed by atoms with Gasteiger partial charge in [0.25, 0.3) is 0 Å². The van der Waals surface area contributed by atoms with E-state index in [1.807, 2.05) is 30.3 Å². The third-order valence-corrected chi connectivity index (χ3v) is 4.52. The molecule has 1 aliphatic rings. The van der Waals surface area contributed by atoms with E-state index in [1.165, 1.54) is 24.0 Å². The molecule has 0 aliphatic heterocycles. The first-order valence-corrected chi connectivity index (χ1v) is 8.81. The summed E-state index contributed by atoms with van der Waals surface area (Å²) >= 11 is 0. The highest BCUT2D eigenvalue weighted by molar-refractivity contribution is 14.0. The number of halogens is 1. The number of aryl methyl sites for hydroxylation is 2. The highest BCUT2D eigenvalue weighted by atomic mass is 127. The van der Waals surface area contributed by atoms with Gasteiger partial charge in [0.15, 0.2) is 11.8 Å². The van der Waals surface area contributed by atoms with E-state index in [-0.39, 0.29) is 24.0 Å². The van der Waals surface area contributed by atoms with Gasteiger partial charge in [-0.2, -0.15) is 4.68 Å². The Balaban J connectivity index is 0.00000210. The van der Waals surface area contributed by atoms with Crippen LogP contribution < -0.4 is 11.1 Å². The van der Waals surface area contributed by atoms with E-state index in [0.717, 1.165) is 23.6 Å². The Morgan fingerprint density at radius 1 is 1.11 bits per heavy atom. The largest absolute Gasteiger partial charge is 0.370 e. The molecule has 0 spiro atoms. The van der Waals surface area contributed by atoms with Gasteiger partial charge in [-0.05, 0) is 65.1 Å². The van der Waals surface area contributed by atoms with Crippen molar-refractivity contribution in [1.82, 2.24) is 20.2 Å². The Hall–Kier alpha value is -2.49. The number of hydrogen-bond donors (Lipinski definition) is 2. The average molecular weight is 475 g/mol. The molecule has 1 aromatic heterocycles. The number of nitrogens with zero attached hydrogens (tertiary/aromatic N) is 5. The van der Waals surface area contributed by atoms with Crippen molar-refractivity contribution in [3.63, 3.8) is 0 Å². The minimum Gasteiger partial charge on any atom is -0.370 e. The highest BCUT2D eigenvalue weighted by Gasteiger charge is 2.11. The number of nitrogens with one attached hydrogen (secondary N) is 1. The van der Waals surface area contributed by atoms with E-state index in [0.29, 0.717) is 18.9 Å². The van der Waals surface area contributed by atoms with E-state index in [1.54, 1.807) is 4.68 Å². The van der Waals surface area contributed by atoms with Crippen LogP contribution in [-0.2, 0) is 19.3 Å². The van der Waals surface area contributed by atoms with Crippen LogP contribution in [0.1, 0.15) is 23.4 Å². The molecule has 27 heavy (non-hydrogen) atoms. The third-order valence-electron chi connectivity index (χ3n) is 4.52. The molecule has 140 valence electrons. The number of anilines is 1. The first-order chi connectivity index (χ1) is 12.8. The number of aliphatic imine (C=N–C) groups is 1. The van der Waals surface area contributed by atoms with E-state index >= 15 is 0 Å². The average Bonchev–Trinajstić information content (AvgIpc) is 3.31. The lowest BCUT2D eigenvalue weighted by Gasteiger charge is -2.08. The number of para-hydroxylation sites is 1. The Morgan fingerprint density at radius 2 is 1.93 bits per heavy atom. The predicted octanol–water partition coefficient (Wildman–Crippen LogP) is 2.74. The number of nitrogens with two attached hydrogens (primary N) is 1. The van der Waals surface area contributed by atoms with Gasteiger partial charge in [0.2, 0.25) is 0 Å². The number of guanidine groups is 1. The van der Waals surface area contributed by atoms with Crippen LogP contribution in [0.2, 0.25) is 0 Å². The summed E-state index contributed by atoms with van der Waals surface area (Å²) in [4.78, 5) is 4.40. The van der Waals surface area contributed by atoms with Crippen molar-refractivity contribution in [3.05, 3.63) is 65.5 Å². The molecule has 0 saturated carbocycles. The van der Waals surface area contributed by atoms with E-state index in [4.69, 9.17) is 5.73 Å². The molecule has 0 bridgehead atoms. The van der Waals surface area contributed by atoms with Crippen LogP contribution in [0, 0.1) is 0 Å². The first-order valence-electron chi connectivity index (χ1n) is 8.81.